The third-order valence-corrected chi connectivity index (χ3v) is 8.84. The summed E-state index contributed by atoms with van der Waals surface area (Å²) in [7, 11) is 1.82. The van der Waals surface area contributed by atoms with Crippen molar-refractivity contribution in [3.05, 3.63) is 124 Å². The number of hydrogen-bond donors (Lipinski definition) is 4. The highest BCUT2D eigenvalue weighted by Gasteiger charge is 2.30. The molecule has 1 aliphatic heterocycles. The van der Waals surface area contributed by atoms with Gasteiger partial charge >= 0.3 is 6.18 Å². The number of benzene rings is 3. The number of pyridine rings is 1. The van der Waals surface area contributed by atoms with Gasteiger partial charge in [-0.2, -0.15) is 18.3 Å². The summed E-state index contributed by atoms with van der Waals surface area (Å²) in [4.78, 5) is 35.8. The van der Waals surface area contributed by atoms with Gasteiger partial charge in [-0.15, -0.1) is 0 Å². The number of hydrogen-bond acceptors (Lipinski definition) is 8. The van der Waals surface area contributed by atoms with Crippen LogP contribution < -0.4 is 15.5 Å². The molecule has 0 unspecified atom stereocenters. The predicted octanol–water partition coefficient (Wildman–Crippen LogP) is 7.93. The van der Waals surface area contributed by atoms with Gasteiger partial charge in [0.1, 0.15) is 0 Å². The van der Waals surface area contributed by atoms with E-state index in [1.54, 1.807) is 12.3 Å². The van der Waals surface area contributed by atoms with Gasteiger partial charge in [0, 0.05) is 81.0 Å². The Hall–Kier alpha value is -5.56. The molecule has 4 N–H and O–H groups in total. The van der Waals surface area contributed by atoms with Crippen LogP contribution >= 0.6 is 0 Å². The maximum absolute atomic E-state index is 13.9. The number of rotatable bonds is 13. The molecule has 0 atom stereocenters. The van der Waals surface area contributed by atoms with Gasteiger partial charge in [0.25, 0.3) is 11.8 Å². The van der Waals surface area contributed by atoms with Crippen molar-refractivity contribution in [2.75, 3.05) is 37.0 Å². The highest BCUT2D eigenvalue weighted by atomic mass is 19.4. The molecule has 2 amide bonds. The van der Waals surface area contributed by atoms with Gasteiger partial charge in [0.05, 0.1) is 22.6 Å². The molecule has 1 aromatic heterocycles. The fourth-order valence-electron chi connectivity index (χ4n) is 6.12. The molecule has 1 fully saturated rings. The molecular weight excluding hydrogens is 671 g/mol. The lowest BCUT2D eigenvalue weighted by Gasteiger charge is -2.29. The zero-order valence-corrected chi connectivity index (χ0v) is 29.1. The SMILES string of the molecule is Cc1ccc(CN(C)C=C(CCO)N=N)cc1C(=O)Nc1ccc(N2CCCCC2)cc1-c1cc(C(=O)NCc2cccc(C(F)(F)F)c2)ccn1. The molecule has 272 valence electrons. The van der Waals surface area contributed by atoms with Crippen molar-refractivity contribution in [1.82, 2.24) is 15.2 Å². The number of carbonyl (C=O) groups excluding carboxylic acids is 2. The van der Waals surface area contributed by atoms with Crippen molar-refractivity contribution >= 4 is 23.2 Å². The van der Waals surface area contributed by atoms with Gasteiger partial charge in [-0.25, -0.2) is 5.53 Å². The fourth-order valence-corrected chi connectivity index (χ4v) is 6.12. The summed E-state index contributed by atoms with van der Waals surface area (Å²) in [6, 6.07) is 19.3. The maximum Gasteiger partial charge on any atom is 0.416 e. The number of halogens is 3. The van der Waals surface area contributed by atoms with Crippen LogP contribution in [-0.4, -0.2) is 53.5 Å². The van der Waals surface area contributed by atoms with Crippen LogP contribution in [0.1, 0.15) is 68.7 Å². The van der Waals surface area contributed by atoms with Crippen molar-refractivity contribution in [2.24, 2.45) is 5.11 Å². The number of anilines is 2. The minimum absolute atomic E-state index is 0.0972. The topological polar surface area (TPSA) is 134 Å². The Kier molecular flexibility index (Phi) is 12.4. The third-order valence-electron chi connectivity index (χ3n) is 8.84. The second kappa shape index (κ2) is 17.1. The van der Waals surface area contributed by atoms with Crippen LogP contribution in [0, 0.1) is 12.5 Å². The summed E-state index contributed by atoms with van der Waals surface area (Å²) >= 11 is 0. The first kappa shape index (κ1) is 37.7. The smallest absolute Gasteiger partial charge is 0.396 e. The van der Waals surface area contributed by atoms with E-state index >= 15 is 0 Å². The van der Waals surface area contributed by atoms with Gasteiger partial charge in [0.2, 0.25) is 0 Å². The Morgan fingerprint density at radius 3 is 2.52 bits per heavy atom. The number of nitrogens with one attached hydrogen (secondary N) is 3. The normalized spacial score (nSPS) is 13.4. The summed E-state index contributed by atoms with van der Waals surface area (Å²) < 4.78 is 39.6. The lowest BCUT2D eigenvalue weighted by atomic mass is 10.0. The minimum atomic E-state index is -4.49. The first-order valence-corrected chi connectivity index (χ1v) is 17.0. The first-order valence-electron chi connectivity index (χ1n) is 17.0. The monoisotopic (exact) mass is 713 g/mol. The van der Waals surface area contributed by atoms with Crippen LogP contribution in [0.3, 0.4) is 0 Å². The Balaban J connectivity index is 1.41. The molecule has 1 aliphatic rings. The predicted molar refractivity (Wildman–Crippen MR) is 194 cm³/mol. The highest BCUT2D eigenvalue weighted by Crippen LogP contribution is 2.34. The second-order valence-electron chi connectivity index (χ2n) is 12.8. The van der Waals surface area contributed by atoms with Crippen molar-refractivity contribution in [2.45, 2.75) is 51.9 Å². The molecular formula is C39H42F3N7O3. The number of aliphatic hydroxyl groups is 1. The highest BCUT2D eigenvalue weighted by molar-refractivity contribution is 6.07. The van der Waals surface area contributed by atoms with E-state index in [0.29, 0.717) is 40.3 Å². The molecule has 52 heavy (non-hydrogen) atoms. The molecule has 0 radical (unpaired) electrons. The van der Waals surface area contributed by atoms with Gasteiger partial charge in [0.15, 0.2) is 0 Å². The molecule has 0 spiro atoms. The van der Waals surface area contributed by atoms with Gasteiger partial charge in [-0.3, -0.25) is 14.6 Å². The van der Waals surface area contributed by atoms with Gasteiger partial charge in [-0.05, 0) is 91.4 Å². The maximum atomic E-state index is 13.9. The summed E-state index contributed by atoms with van der Waals surface area (Å²) in [6.07, 6.45) is 2.24. The molecule has 10 nitrogen and oxygen atoms in total. The summed E-state index contributed by atoms with van der Waals surface area (Å²) in [5, 5.41) is 18.5. The molecule has 0 aliphatic carbocycles. The van der Waals surface area contributed by atoms with E-state index in [2.05, 4.69) is 25.6 Å². The lowest BCUT2D eigenvalue weighted by molar-refractivity contribution is -0.137. The lowest BCUT2D eigenvalue weighted by Crippen LogP contribution is -2.29. The zero-order chi connectivity index (χ0) is 37.3. The summed E-state index contributed by atoms with van der Waals surface area (Å²) in [5.41, 5.74) is 12.2. The molecule has 4 aromatic rings. The first-order chi connectivity index (χ1) is 24.9. The number of nitrogens with zero attached hydrogens (tertiary/aromatic N) is 4. The Labute approximate surface area is 300 Å². The van der Waals surface area contributed by atoms with E-state index in [1.165, 1.54) is 24.4 Å². The molecule has 0 bridgehead atoms. The van der Waals surface area contributed by atoms with E-state index in [4.69, 9.17) is 5.53 Å². The molecule has 1 saturated heterocycles. The van der Waals surface area contributed by atoms with Crippen LogP contribution in [0.15, 0.2) is 96.0 Å². The van der Waals surface area contributed by atoms with Crippen LogP contribution in [0.25, 0.3) is 11.3 Å². The number of aliphatic hydroxyl groups excluding tert-OH is 1. The number of amides is 2. The summed E-state index contributed by atoms with van der Waals surface area (Å²) in [6.45, 7) is 3.86. The Bertz CT molecular complexity index is 1940. The van der Waals surface area contributed by atoms with E-state index < -0.39 is 17.6 Å². The van der Waals surface area contributed by atoms with Crippen molar-refractivity contribution < 1.29 is 27.9 Å². The number of piperidine rings is 1. The van der Waals surface area contributed by atoms with Crippen LogP contribution in [0.4, 0.5) is 24.5 Å². The van der Waals surface area contributed by atoms with Gasteiger partial charge in [-0.1, -0.05) is 24.3 Å². The van der Waals surface area contributed by atoms with Crippen molar-refractivity contribution in [3.63, 3.8) is 0 Å². The third kappa shape index (κ3) is 9.81. The largest absolute Gasteiger partial charge is 0.416 e. The number of alkyl halides is 3. The van der Waals surface area contributed by atoms with Gasteiger partial charge < -0.3 is 25.5 Å². The minimum Gasteiger partial charge on any atom is -0.396 e. The quantitative estimate of drug-likeness (QED) is 0.104. The second-order valence-corrected chi connectivity index (χ2v) is 12.8. The summed E-state index contributed by atoms with van der Waals surface area (Å²) in [5.74, 6) is -0.812. The molecule has 13 heteroatoms. The molecule has 0 saturated carbocycles. The average molecular weight is 714 g/mol. The van der Waals surface area contributed by atoms with E-state index in [9.17, 15) is 27.9 Å². The Morgan fingerprint density at radius 1 is 1.00 bits per heavy atom. The fraction of sp³-hybridized carbons (Fsp3) is 0.308. The number of aryl methyl sites for hydroxylation is 1. The molecule has 5 rings (SSSR count). The average Bonchev–Trinajstić information content (AvgIpc) is 3.14. The van der Waals surface area contributed by atoms with E-state index in [1.807, 2.05) is 55.3 Å². The molecule has 3 aromatic carbocycles. The molecule has 2 heterocycles. The van der Waals surface area contributed by atoms with Crippen molar-refractivity contribution in [1.29, 1.82) is 5.53 Å². The van der Waals surface area contributed by atoms with Crippen LogP contribution in [0.2, 0.25) is 0 Å². The van der Waals surface area contributed by atoms with Crippen LogP contribution in [0.5, 0.6) is 0 Å². The van der Waals surface area contributed by atoms with E-state index in [-0.39, 0.29) is 31.0 Å². The van der Waals surface area contributed by atoms with Crippen LogP contribution in [-0.2, 0) is 19.3 Å². The zero-order valence-electron chi connectivity index (χ0n) is 29.1. The number of aromatic nitrogens is 1. The standard InChI is InChI=1S/C39H42F3N7O3/c1-26-9-10-28(24-48(2)25-31(47-43)14-18-50)20-33(26)38(52)46-35-12-11-32(49-16-4-3-5-17-49)22-34(35)36-21-29(13-15-44-36)37(51)45-23-27-7-6-8-30(19-27)39(40,41)42/h6-13,15,19-22,25,43,50H,3-5,14,16-18,23-24H2,1-2H3,(H,45,51)(H,46,52). The van der Waals surface area contributed by atoms with E-state index in [0.717, 1.165) is 61.3 Å². The Morgan fingerprint density at radius 2 is 1.79 bits per heavy atom. The van der Waals surface area contributed by atoms with Crippen molar-refractivity contribution in [3.8, 4) is 11.3 Å². The number of carbonyl (C=O) groups is 2.